The predicted molar refractivity (Wildman–Crippen MR) is 1.37 cm³/mol. The fraction of sp³-hybridized carbons (Fsp3) is 0. The summed E-state index contributed by atoms with van der Waals surface area (Å²) in [6.07, 6.45) is 0. The van der Waals surface area contributed by atoms with Crippen molar-refractivity contribution in [1.82, 2.24) is 0 Å². The molecule has 0 bridgehead atoms. The van der Waals surface area contributed by atoms with E-state index in [1.54, 1.807) is 0 Å². The molecule has 2 nitrogen and oxygen atoms in total. The van der Waals surface area contributed by atoms with Crippen LogP contribution in [0.4, 0.5) is 0 Å². The van der Waals surface area contributed by atoms with Gasteiger partial charge in [-0.2, -0.15) is 0 Å². The summed E-state index contributed by atoms with van der Waals surface area (Å²) in [4.78, 5) is 0. The molecule has 0 spiro atoms. The Balaban J connectivity index is 0. The molecule has 0 amide bonds. The Bertz CT molecular complexity index is 6.00. The van der Waals surface area contributed by atoms with E-state index < -0.39 is 0 Å². The van der Waals surface area contributed by atoms with Crippen LogP contribution in [-0.4, -0.2) is 0 Å². The Morgan fingerprint density at radius 3 is 0.750 bits per heavy atom. The second kappa shape index (κ2) is 21.4. The van der Waals surface area contributed by atoms with Crippen LogP contribution in [0, 0.1) is 41.3 Å². The minimum absolute atomic E-state index is 0. The zero-order valence-electron chi connectivity index (χ0n) is 1.77. The van der Waals surface area contributed by atoms with Gasteiger partial charge in [0.2, 0.25) is 0 Å². The molecule has 4 heavy (non-hydrogen) atoms. The SMILES string of the molecule is [Mn+2].[O-2].[O-2].[Pr+3]. The van der Waals surface area contributed by atoms with Crippen molar-refractivity contribution in [3.8, 4) is 0 Å². The van der Waals surface area contributed by atoms with Gasteiger partial charge < -0.3 is 11.0 Å². The summed E-state index contributed by atoms with van der Waals surface area (Å²) >= 11 is 0. The van der Waals surface area contributed by atoms with Crippen molar-refractivity contribution in [3.05, 3.63) is 0 Å². The molecule has 1 radical (unpaired) electrons. The van der Waals surface area contributed by atoms with E-state index in [1.807, 2.05) is 0 Å². The zero-order chi connectivity index (χ0) is 0. The molecular formula is MnO2Pr+. The summed E-state index contributed by atoms with van der Waals surface area (Å²) in [6, 6.07) is 0. The van der Waals surface area contributed by atoms with E-state index >= 15 is 0 Å². The van der Waals surface area contributed by atoms with Crippen molar-refractivity contribution >= 4 is 0 Å². The van der Waals surface area contributed by atoms with Gasteiger partial charge >= 0.3 is 58.4 Å². The molecular weight excluding hydrogens is 228 g/mol. The summed E-state index contributed by atoms with van der Waals surface area (Å²) in [7, 11) is 0. The molecule has 0 aliphatic rings. The first kappa shape index (κ1) is 41.2. The second-order valence-corrected chi connectivity index (χ2v) is 0. The van der Waals surface area contributed by atoms with Gasteiger partial charge in [0.1, 0.15) is 0 Å². The summed E-state index contributed by atoms with van der Waals surface area (Å²) < 4.78 is 0. The van der Waals surface area contributed by atoms with Crippen LogP contribution in [0.5, 0.6) is 0 Å². The first-order chi connectivity index (χ1) is 0. The molecule has 0 atom stereocenters. The van der Waals surface area contributed by atoms with E-state index in [1.165, 1.54) is 0 Å². The Hall–Kier alpha value is 1.80. The molecule has 0 aromatic heterocycles. The molecule has 21 valence electrons. The molecule has 0 N–H and O–H groups in total. The second-order valence-electron chi connectivity index (χ2n) is 0. The van der Waals surface area contributed by atoms with Crippen molar-refractivity contribution in [1.29, 1.82) is 0 Å². The van der Waals surface area contributed by atoms with Gasteiger partial charge in [-0.15, -0.1) is 0 Å². The average Bonchev–Trinajstić information content (AvgIpc) is 0. The van der Waals surface area contributed by atoms with E-state index in [2.05, 4.69) is 0 Å². The monoisotopic (exact) mass is 228 g/mol. The van der Waals surface area contributed by atoms with Gasteiger partial charge in [0.25, 0.3) is 0 Å². The molecule has 4 heteroatoms. The number of hydrogen-bond donors (Lipinski definition) is 0. The quantitative estimate of drug-likeness (QED) is 0.513. The smallest absolute Gasteiger partial charge is 2.00 e. The van der Waals surface area contributed by atoms with Crippen LogP contribution in [0.15, 0.2) is 0 Å². The molecule has 0 unspecified atom stereocenters. The number of rotatable bonds is 0. The molecule has 0 aliphatic heterocycles. The van der Waals surface area contributed by atoms with Gasteiger partial charge in [-0.3, -0.25) is 0 Å². The molecule has 0 saturated carbocycles. The fourth-order valence-electron chi connectivity index (χ4n) is 0. The van der Waals surface area contributed by atoms with Crippen molar-refractivity contribution in [3.63, 3.8) is 0 Å². The minimum atomic E-state index is 0. The number of hydrogen-bond acceptors (Lipinski definition) is 0. The van der Waals surface area contributed by atoms with E-state index in [0.717, 1.165) is 0 Å². The van der Waals surface area contributed by atoms with Crippen LogP contribution >= 0.6 is 0 Å². The van der Waals surface area contributed by atoms with Crippen molar-refractivity contribution in [2.24, 2.45) is 0 Å². The van der Waals surface area contributed by atoms with E-state index in [-0.39, 0.29) is 69.3 Å². The van der Waals surface area contributed by atoms with Crippen LogP contribution in [0.3, 0.4) is 0 Å². The Kier molecular flexibility index (Phi) is 220. The van der Waals surface area contributed by atoms with Gasteiger partial charge in [0.05, 0.1) is 0 Å². The maximum atomic E-state index is 0. The third-order valence-electron chi connectivity index (χ3n) is 0. The van der Waals surface area contributed by atoms with Crippen molar-refractivity contribution in [2.75, 3.05) is 0 Å². The minimum Gasteiger partial charge on any atom is -2.00 e. The molecule has 0 fully saturated rings. The Morgan fingerprint density at radius 2 is 0.750 bits per heavy atom. The maximum absolute atomic E-state index is 0. The van der Waals surface area contributed by atoms with Crippen LogP contribution in [0.2, 0.25) is 0 Å². The standard InChI is InChI=1S/Mn.2O.Pr/q+2;2*-2;+3. The molecule has 0 aromatic carbocycles. The maximum Gasteiger partial charge on any atom is 3.00 e. The van der Waals surface area contributed by atoms with Crippen LogP contribution in [0.1, 0.15) is 0 Å². The van der Waals surface area contributed by atoms with Gasteiger partial charge in [-0.05, 0) is 0 Å². The Labute approximate surface area is 68.4 Å². The van der Waals surface area contributed by atoms with Gasteiger partial charge in [-0.25, -0.2) is 0 Å². The summed E-state index contributed by atoms with van der Waals surface area (Å²) in [5.41, 5.74) is 0. The average molecular weight is 228 g/mol. The Morgan fingerprint density at radius 1 is 0.750 bits per heavy atom. The topological polar surface area (TPSA) is 57.0 Å². The van der Waals surface area contributed by atoms with E-state index in [0.29, 0.717) is 0 Å². The first-order valence-electron chi connectivity index (χ1n) is 0. The summed E-state index contributed by atoms with van der Waals surface area (Å²) in [5.74, 6) is 0. The zero-order valence-corrected chi connectivity index (χ0v) is 6.66. The van der Waals surface area contributed by atoms with Crippen LogP contribution in [0.25, 0.3) is 0 Å². The molecule has 0 saturated heterocycles. The van der Waals surface area contributed by atoms with Gasteiger partial charge in [0.15, 0.2) is 0 Å². The van der Waals surface area contributed by atoms with Crippen LogP contribution < -0.4 is 0 Å². The van der Waals surface area contributed by atoms with E-state index in [4.69, 9.17) is 0 Å². The molecule has 0 rings (SSSR count). The molecule has 0 aliphatic carbocycles. The van der Waals surface area contributed by atoms with Crippen molar-refractivity contribution < 1.29 is 69.3 Å². The van der Waals surface area contributed by atoms with Crippen LogP contribution in [-0.2, 0) is 28.0 Å². The third kappa shape index (κ3) is 9.19. The first-order valence-corrected chi connectivity index (χ1v) is 0. The predicted octanol–water partition coefficient (Wildman–Crippen LogP) is -0.240. The van der Waals surface area contributed by atoms with Gasteiger partial charge in [-0.1, -0.05) is 0 Å². The third-order valence-corrected chi connectivity index (χ3v) is 0. The van der Waals surface area contributed by atoms with Crippen molar-refractivity contribution in [2.45, 2.75) is 0 Å². The molecule has 0 aromatic rings. The summed E-state index contributed by atoms with van der Waals surface area (Å²) in [6.45, 7) is 0. The summed E-state index contributed by atoms with van der Waals surface area (Å²) in [5, 5.41) is 0. The molecule has 0 heterocycles. The largest absolute Gasteiger partial charge is 3.00 e. The fourth-order valence-corrected chi connectivity index (χ4v) is 0. The normalized spacial score (nSPS) is 0. The van der Waals surface area contributed by atoms with Gasteiger partial charge in [0, 0.05) is 0 Å². The van der Waals surface area contributed by atoms with E-state index in [9.17, 15) is 0 Å².